The molecule has 1 aliphatic carbocycles. The van der Waals surface area contributed by atoms with E-state index in [0.29, 0.717) is 12.3 Å². The number of amides is 2. The first-order chi connectivity index (χ1) is 15.1. The third-order valence-corrected chi connectivity index (χ3v) is 6.71. The van der Waals surface area contributed by atoms with E-state index in [1.807, 2.05) is 61.5 Å². The molecule has 0 radical (unpaired) electrons. The molecule has 166 valence electrons. The zero-order chi connectivity index (χ0) is 22.1. The molecule has 0 unspecified atom stereocenters. The summed E-state index contributed by atoms with van der Waals surface area (Å²) in [6, 6.07) is 17.5. The molecule has 1 aliphatic rings. The lowest BCUT2D eigenvalue weighted by molar-refractivity contribution is -0.138. The molecule has 1 saturated carbocycles. The molecule has 0 heterocycles. The molecular weight excluding hydrogens is 408 g/mol. The lowest BCUT2D eigenvalue weighted by atomic mass is 10.1. The highest BCUT2D eigenvalue weighted by Crippen LogP contribution is 2.20. The number of ether oxygens (including phenoxy) is 1. The zero-order valence-corrected chi connectivity index (χ0v) is 19.2. The largest absolute Gasteiger partial charge is 0.497 e. The number of carbonyl (C=O) groups is 2. The molecule has 2 amide bonds. The van der Waals surface area contributed by atoms with Crippen molar-refractivity contribution in [3.63, 3.8) is 0 Å². The molecule has 3 rings (SSSR count). The first-order valence-electron chi connectivity index (χ1n) is 10.9. The summed E-state index contributed by atoms with van der Waals surface area (Å²) in [7, 11) is 1.65. The fourth-order valence-electron chi connectivity index (χ4n) is 3.82. The third kappa shape index (κ3) is 7.03. The second kappa shape index (κ2) is 11.8. The van der Waals surface area contributed by atoms with E-state index in [4.69, 9.17) is 4.74 Å². The van der Waals surface area contributed by atoms with Gasteiger partial charge >= 0.3 is 0 Å². The van der Waals surface area contributed by atoms with Crippen LogP contribution in [0.2, 0.25) is 0 Å². The molecule has 6 heteroatoms. The predicted octanol–water partition coefficient (Wildman–Crippen LogP) is 4.40. The number of nitrogens with zero attached hydrogens (tertiary/aromatic N) is 1. The molecule has 1 N–H and O–H groups in total. The van der Waals surface area contributed by atoms with Crippen molar-refractivity contribution in [2.45, 2.75) is 57.0 Å². The van der Waals surface area contributed by atoms with Crippen molar-refractivity contribution in [2.24, 2.45) is 0 Å². The van der Waals surface area contributed by atoms with Gasteiger partial charge in [0, 0.05) is 18.3 Å². The second-order valence-corrected chi connectivity index (χ2v) is 9.00. The highest BCUT2D eigenvalue weighted by atomic mass is 32.2. The summed E-state index contributed by atoms with van der Waals surface area (Å²) in [5.74, 6) is 1.81. The Labute approximate surface area is 189 Å². The number of carbonyl (C=O) groups excluding carboxylic acids is 2. The molecular formula is C25H32N2O3S. The molecule has 2 aromatic rings. The van der Waals surface area contributed by atoms with E-state index in [0.717, 1.165) is 48.3 Å². The lowest BCUT2D eigenvalue weighted by Gasteiger charge is -2.29. The quantitative estimate of drug-likeness (QED) is 0.595. The van der Waals surface area contributed by atoms with Gasteiger partial charge in [-0.2, -0.15) is 0 Å². The highest BCUT2D eigenvalue weighted by molar-refractivity contribution is 7.99. The minimum Gasteiger partial charge on any atom is -0.497 e. The molecule has 31 heavy (non-hydrogen) atoms. The van der Waals surface area contributed by atoms with E-state index >= 15 is 0 Å². The molecule has 0 spiro atoms. The third-order valence-electron chi connectivity index (χ3n) is 5.72. The van der Waals surface area contributed by atoms with Gasteiger partial charge in [0.15, 0.2) is 0 Å². The first kappa shape index (κ1) is 23.2. The Morgan fingerprint density at radius 1 is 1.06 bits per heavy atom. The van der Waals surface area contributed by atoms with Gasteiger partial charge in [0.2, 0.25) is 11.8 Å². The van der Waals surface area contributed by atoms with Crippen molar-refractivity contribution in [3.8, 4) is 5.75 Å². The summed E-state index contributed by atoms with van der Waals surface area (Å²) in [6.45, 7) is 2.27. The van der Waals surface area contributed by atoms with Crippen LogP contribution in [0.5, 0.6) is 5.75 Å². The van der Waals surface area contributed by atoms with Gasteiger partial charge in [-0.25, -0.2) is 0 Å². The zero-order valence-electron chi connectivity index (χ0n) is 18.4. The monoisotopic (exact) mass is 440 g/mol. The van der Waals surface area contributed by atoms with Gasteiger partial charge in [-0.1, -0.05) is 55.3 Å². The van der Waals surface area contributed by atoms with Crippen LogP contribution in [0, 0.1) is 0 Å². The van der Waals surface area contributed by atoms with Crippen LogP contribution in [0.15, 0.2) is 54.6 Å². The Hall–Kier alpha value is -2.47. The van der Waals surface area contributed by atoms with Crippen LogP contribution < -0.4 is 10.1 Å². The van der Waals surface area contributed by atoms with Crippen molar-refractivity contribution < 1.29 is 14.3 Å². The van der Waals surface area contributed by atoms with Crippen LogP contribution in [0.4, 0.5) is 0 Å². The van der Waals surface area contributed by atoms with Crippen molar-refractivity contribution in [3.05, 3.63) is 65.7 Å². The van der Waals surface area contributed by atoms with E-state index in [9.17, 15) is 9.59 Å². The lowest BCUT2D eigenvalue weighted by Crippen LogP contribution is -2.50. The van der Waals surface area contributed by atoms with Crippen LogP contribution in [-0.2, 0) is 21.9 Å². The minimum absolute atomic E-state index is 0.0172. The molecule has 0 aromatic heterocycles. The van der Waals surface area contributed by atoms with E-state index in [2.05, 4.69) is 5.32 Å². The van der Waals surface area contributed by atoms with Gasteiger partial charge in [-0.3, -0.25) is 9.59 Å². The van der Waals surface area contributed by atoms with Crippen LogP contribution in [0.1, 0.15) is 43.7 Å². The fraction of sp³-hybridized carbons (Fsp3) is 0.440. The average Bonchev–Trinajstić information content (AvgIpc) is 3.31. The SMILES string of the molecule is COc1ccc(CSCC(=O)N(Cc2ccccc2)[C@H](C)C(=O)NC2CCCC2)cc1. The standard InChI is InChI=1S/C25H32N2O3S/c1-19(25(29)26-22-10-6-7-11-22)27(16-20-8-4-3-5-9-20)24(28)18-31-17-21-12-14-23(30-2)15-13-21/h3-5,8-9,12-15,19,22H,6-7,10-11,16-18H2,1-2H3,(H,26,29)/t19-/m1/s1. The number of benzene rings is 2. The summed E-state index contributed by atoms with van der Waals surface area (Å²) < 4.78 is 5.19. The van der Waals surface area contributed by atoms with Crippen LogP contribution in [0.3, 0.4) is 0 Å². The van der Waals surface area contributed by atoms with Gasteiger partial charge in [0.1, 0.15) is 11.8 Å². The maximum atomic E-state index is 13.1. The van der Waals surface area contributed by atoms with Crippen LogP contribution in [-0.4, -0.2) is 41.7 Å². The number of thioether (sulfide) groups is 1. The highest BCUT2D eigenvalue weighted by Gasteiger charge is 2.28. The number of rotatable bonds is 10. The number of methoxy groups -OCH3 is 1. The van der Waals surface area contributed by atoms with E-state index in [1.54, 1.807) is 23.8 Å². The summed E-state index contributed by atoms with van der Waals surface area (Å²) in [5, 5.41) is 3.14. The smallest absolute Gasteiger partial charge is 0.242 e. The van der Waals surface area contributed by atoms with E-state index in [1.165, 1.54) is 0 Å². The molecule has 0 bridgehead atoms. The summed E-state index contributed by atoms with van der Waals surface area (Å²) in [6.07, 6.45) is 4.38. The van der Waals surface area contributed by atoms with Crippen LogP contribution >= 0.6 is 11.8 Å². The van der Waals surface area contributed by atoms with Gasteiger partial charge in [-0.05, 0) is 43.0 Å². The normalized spacial score (nSPS) is 14.8. The van der Waals surface area contributed by atoms with Crippen molar-refractivity contribution in [2.75, 3.05) is 12.9 Å². The van der Waals surface area contributed by atoms with Crippen molar-refractivity contribution in [1.29, 1.82) is 0 Å². The van der Waals surface area contributed by atoms with Gasteiger partial charge in [-0.15, -0.1) is 11.8 Å². The van der Waals surface area contributed by atoms with Gasteiger partial charge < -0.3 is 15.0 Å². The molecule has 1 atom stereocenters. The Balaban J connectivity index is 1.61. The summed E-state index contributed by atoms with van der Waals surface area (Å²) in [4.78, 5) is 27.7. The van der Waals surface area contributed by atoms with E-state index in [-0.39, 0.29) is 17.9 Å². The molecule has 0 saturated heterocycles. The Kier molecular flexibility index (Phi) is 8.83. The van der Waals surface area contributed by atoms with Crippen molar-refractivity contribution >= 4 is 23.6 Å². The second-order valence-electron chi connectivity index (χ2n) is 8.01. The number of nitrogens with one attached hydrogen (secondary N) is 1. The summed E-state index contributed by atoms with van der Waals surface area (Å²) in [5.41, 5.74) is 2.16. The Morgan fingerprint density at radius 2 is 1.74 bits per heavy atom. The maximum absolute atomic E-state index is 13.1. The first-order valence-corrected chi connectivity index (χ1v) is 12.1. The molecule has 1 fully saturated rings. The number of hydrogen-bond donors (Lipinski definition) is 1. The van der Waals surface area contributed by atoms with Gasteiger partial charge in [0.25, 0.3) is 0 Å². The van der Waals surface area contributed by atoms with Crippen LogP contribution in [0.25, 0.3) is 0 Å². The Morgan fingerprint density at radius 3 is 2.39 bits per heavy atom. The Bertz CT molecular complexity index is 836. The minimum atomic E-state index is -0.505. The molecule has 2 aromatic carbocycles. The van der Waals surface area contributed by atoms with Crippen molar-refractivity contribution in [1.82, 2.24) is 10.2 Å². The average molecular weight is 441 g/mol. The predicted molar refractivity (Wildman–Crippen MR) is 126 cm³/mol. The maximum Gasteiger partial charge on any atom is 0.242 e. The molecule has 5 nitrogen and oxygen atoms in total. The topological polar surface area (TPSA) is 58.6 Å². The molecule has 0 aliphatic heterocycles. The van der Waals surface area contributed by atoms with Gasteiger partial charge in [0.05, 0.1) is 12.9 Å². The van der Waals surface area contributed by atoms with E-state index < -0.39 is 6.04 Å². The number of hydrogen-bond acceptors (Lipinski definition) is 4. The summed E-state index contributed by atoms with van der Waals surface area (Å²) >= 11 is 1.57. The fourth-order valence-corrected chi connectivity index (χ4v) is 4.69.